The maximum Gasteiger partial charge on any atom is 0.337 e. The van der Waals surface area contributed by atoms with Gasteiger partial charge in [0.15, 0.2) is 0 Å². The fourth-order valence-electron chi connectivity index (χ4n) is 2.58. The Bertz CT molecular complexity index is 807. The molecule has 2 rings (SSSR count). The first kappa shape index (κ1) is 19.9. The number of esters is 1. The average Bonchev–Trinajstić information content (AvgIpc) is 2.62. The molecule has 0 bridgehead atoms. The summed E-state index contributed by atoms with van der Waals surface area (Å²) in [6, 6.07) is 12.7. The minimum Gasteiger partial charge on any atom is -0.465 e. The lowest BCUT2D eigenvalue weighted by molar-refractivity contribution is -0.117. The van der Waals surface area contributed by atoms with Crippen molar-refractivity contribution >= 4 is 29.2 Å². The first-order valence-electron chi connectivity index (χ1n) is 8.26. The molecule has 2 aromatic rings. The molecular weight excluding hydrogens is 352 g/mol. The highest BCUT2D eigenvalue weighted by molar-refractivity contribution is 6.30. The maximum atomic E-state index is 12.4. The van der Waals surface area contributed by atoms with Gasteiger partial charge in [-0.1, -0.05) is 29.8 Å². The van der Waals surface area contributed by atoms with Gasteiger partial charge in [0.05, 0.1) is 19.2 Å². The van der Waals surface area contributed by atoms with E-state index in [-0.39, 0.29) is 18.5 Å². The fraction of sp³-hybridized carbons (Fsp3) is 0.300. The van der Waals surface area contributed by atoms with Crippen LogP contribution >= 0.6 is 11.6 Å². The van der Waals surface area contributed by atoms with Crippen LogP contribution in [0.15, 0.2) is 42.5 Å². The SMILES string of the molecule is COC(=O)c1ccc(C)c(NC(=O)CN(C)C(C)c2cccc(Cl)c2)c1. The lowest BCUT2D eigenvalue weighted by Crippen LogP contribution is -2.32. The highest BCUT2D eigenvalue weighted by Gasteiger charge is 2.16. The summed E-state index contributed by atoms with van der Waals surface area (Å²) >= 11 is 6.04. The molecule has 0 spiro atoms. The van der Waals surface area contributed by atoms with Gasteiger partial charge < -0.3 is 10.1 Å². The largest absolute Gasteiger partial charge is 0.465 e. The number of rotatable bonds is 6. The number of ether oxygens (including phenoxy) is 1. The molecule has 0 saturated heterocycles. The molecule has 0 aliphatic heterocycles. The van der Waals surface area contributed by atoms with E-state index in [9.17, 15) is 9.59 Å². The minimum absolute atomic E-state index is 0.0296. The first-order valence-corrected chi connectivity index (χ1v) is 8.64. The van der Waals surface area contributed by atoms with Crippen LogP contribution in [0.25, 0.3) is 0 Å². The minimum atomic E-state index is -0.438. The van der Waals surface area contributed by atoms with Gasteiger partial charge in [0.25, 0.3) is 0 Å². The molecule has 1 atom stereocenters. The first-order chi connectivity index (χ1) is 12.3. The molecule has 1 N–H and O–H groups in total. The molecule has 0 heterocycles. The Labute approximate surface area is 158 Å². The van der Waals surface area contributed by atoms with E-state index in [1.54, 1.807) is 18.2 Å². The van der Waals surface area contributed by atoms with Gasteiger partial charge in [-0.25, -0.2) is 4.79 Å². The third kappa shape index (κ3) is 5.07. The van der Waals surface area contributed by atoms with Crippen LogP contribution in [-0.2, 0) is 9.53 Å². The molecule has 5 nitrogen and oxygen atoms in total. The zero-order valence-electron chi connectivity index (χ0n) is 15.4. The molecule has 138 valence electrons. The molecule has 2 aromatic carbocycles. The zero-order valence-corrected chi connectivity index (χ0v) is 16.1. The summed E-state index contributed by atoms with van der Waals surface area (Å²) in [5.41, 5.74) is 2.91. The van der Waals surface area contributed by atoms with Crippen LogP contribution in [0.4, 0.5) is 5.69 Å². The molecule has 0 radical (unpaired) electrons. The Kier molecular flexibility index (Phi) is 6.77. The monoisotopic (exact) mass is 374 g/mol. The predicted molar refractivity (Wildman–Crippen MR) is 104 cm³/mol. The third-order valence-electron chi connectivity index (χ3n) is 4.32. The number of nitrogens with one attached hydrogen (secondary N) is 1. The lowest BCUT2D eigenvalue weighted by atomic mass is 10.1. The Balaban J connectivity index is 2.05. The number of carbonyl (C=O) groups excluding carboxylic acids is 2. The van der Waals surface area contributed by atoms with Gasteiger partial charge in [0.2, 0.25) is 5.91 Å². The second-order valence-corrected chi connectivity index (χ2v) is 6.65. The fourth-order valence-corrected chi connectivity index (χ4v) is 2.77. The molecule has 0 saturated carbocycles. The third-order valence-corrected chi connectivity index (χ3v) is 4.55. The quantitative estimate of drug-likeness (QED) is 0.774. The summed E-state index contributed by atoms with van der Waals surface area (Å²) in [5, 5.41) is 3.53. The summed E-state index contributed by atoms with van der Waals surface area (Å²) < 4.78 is 4.72. The molecule has 0 aliphatic carbocycles. The van der Waals surface area contributed by atoms with Crippen LogP contribution in [0.1, 0.15) is 34.5 Å². The topological polar surface area (TPSA) is 58.6 Å². The van der Waals surface area contributed by atoms with Crippen molar-refractivity contribution in [3.8, 4) is 0 Å². The summed E-state index contributed by atoms with van der Waals surface area (Å²) in [7, 11) is 3.20. The average molecular weight is 375 g/mol. The number of halogens is 1. The smallest absolute Gasteiger partial charge is 0.337 e. The van der Waals surface area contributed by atoms with E-state index in [0.29, 0.717) is 16.3 Å². The van der Waals surface area contributed by atoms with Crippen molar-refractivity contribution in [3.05, 3.63) is 64.2 Å². The van der Waals surface area contributed by atoms with E-state index in [1.165, 1.54) is 7.11 Å². The van der Waals surface area contributed by atoms with Crippen molar-refractivity contribution < 1.29 is 14.3 Å². The van der Waals surface area contributed by atoms with Gasteiger partial charge in [-0.05, 0) is 56.3 Å². The number of carbonyl (C=O) groups is 2. The highest BCUT2D eigenvalue weighted by Crippen LogP contribution is 2.22. The zero-order chi connectivity index (χ0) is 19.3. The van der Waals surface area contributed by atoms with Crippen LogP contribution in [0, 0.1) is 6.92 Å². The molecule has 1 unspecified atom stereocenters. The number of hydrogen-bond donors (Lipinski definition) is 1. The van der Waals surface area contributed by atoms with E-state index < -0.39 is 5.97 Å². The number of hydrogen-bond acceptors (Lipinski definition) is 4. The molecule has 0 fully saturated rings. The molecule has 0 aromatic heterocycles. The molecule has 26 heavy (non-hydrogen) atoms. The van der Waals surface area contributed by atoms with Crippen LogP contribution in [0.5, 0.6) is 0 Å². The summed E-state index contributed by atoms with van der Waals surface area (Å²) in [5.74, 6) is -0.598. The normalized spacial score (nSPS) is 11.9. The van der Waals surface area contributed by atoms with Gasteiger partial charge in [0.1, 0.15) is 0 Å². The van der Waals surface area contributed by atoms with E-state index in [2.05, 4.69) is 5.32 Å². The molecule has 0 aliphatic rings. The summed E-state index contributed by atoms with van der Waals surface area (Å²) in [6.07, 6.45) is 0. The number of likely N-dealkylation sites (N-methyl/N-ethyl adjacent to an activating group) is 1. The van der Waals surface area contributed by atoms with Crippen molar-refractivity contribution in [1.82, 2.24) is 4.90 Å². The second-order valence-electron chi connectivity index (χ2n) is 6.22. The van der Waals surface area contributed by atoms with E-state index in [0.717, 1.165) is 11.1 Å². The highest BCUT2D eigenvalue weighted by atomic mass is 35.5. The van der Waals surface area contributed by atoms with Crippen molar-refractivity contribution in [2.75, 3.05) is 26.0 Å². The Morgan fingerprint density at radius 1 is 1.23 bits per heavy atom. The summed E-state index contributed by atoms with van der Waals surface area (Å²) in [4.78, 5) is 26.0. The molecule has 1 amide bonds. The summed E-state index contributed by atoms with van der Waals surface area (Å²) in [6.45, 7) is 4.09. The second kappa shape index (κ2) is 8.83. The lowest BCUT2D eigenvalue weighted by Gasteiger charge is -2.24. The van der Waals surface area contributed by atoms with Crippen molar-refractivity contribution in [2.45, 2.75) is 19.9 Å². The van der Waals surface area contributed by atoms with Crippen LogP contribution < -0.4 is 5.32 Å². The number of amides is 1. The Morgan fingerprint density at radius 2 is 1.96 bits per heavy atom. The van der Waals surface area contributed by atoms with E-state index in [1.807, 2.05) is 50.1 Å². The Morgan fingerprint density at radius 3 is 2.62 bits per heavy atom. The van der Waals surface area contributed by atoms with Gasteiger partial charge in [-0.15, -0.1) is 0 Å². The van der Waals surface area contributed by atoms with Crippen molar-refractivity contribution in [1.29, 1.82) is 0 Å². The van der Waals surface area contributed by atoms with E-state index in [4.69, 9.17) is 16.3 Å². The van der Waals surface area contributed by atoms with Gasteiger partial charge in [0, 0.05) is 16.8 Å². The number of methoxy groups -OCH3 is 1. The number of benzene rings is 2. The van der Waals surface area contributed by atoms with Gasteiger partial charge >= 0.3 is 5.97 Å². The van der Waals surface area contributed by atoms with Crippen LogP contribution in [0.2, 0.25) is 5.02 Å². The Hall–Kier alpha value is -2.37. The number of nitrogens with zero attached hydrogens (tertiary/aromatic N) is 1. The molecule has 6 heteroatoms. The predicted octanol–water partition coefficient (Wildman–Crippen LogP) is 4.07. The van der Waals surface area contributed by atoms with Crippen LogP contribution in [-0.4, -0.2) is 37.5 Å². The van der Waals surface area contributed by atoms with Crippen molar-refractivity contribution in [3.63, 3.8) is 0 Å². The van der Waals surface area contributed by atoms with Gasteiger partial charge in [-0.2, -0.15) is 0 Å². The molecular formula is C20H23ClN2O3. The van der Waals surface area contributed by atoms with Crippen molar-refractivity contribution in [2.24, 2.45) is 0 Å². The van der Waals surface area contributed by atoms with E-state index >= 15 is 0 Å². The maximum absolute atomic E-state index is 12.4. The van der Waals surface area contributed by atoms with Crippen LogP contribution in [0.3, 0.4) is 0 Å². The standard InChI is InChI=1S/C20H23ClN2O3/c1-13-8-9-16(20(25)26-4)11-18(13)22-19(24)12-23(3)14(2)15-6-5-7-17(21)10-15/h5-11,14H,12H2,1-4H3,(H,22,24). The number of aryl methyl sites for hydroxylation is 1. The number of anilines is 1. The van der Waals surface area contributed by atoms with Gasteiger partial charge in [-0.3, -0.25) is 9.69 Å².